The third kappa shape index (κ3) is 5.96. The summed E-state index contributed by atoms with van der Waals surface area (Å²) in [6, 6.07) is 77.7. The van der Waals surface area contributed by atoms with E-state index in [2.05, 4.69) is 205 Å². The zero-order chi connectivity index (χ0) is 40.3. The predicted octanol–water partition coefficient (Wildman–Crippen LogP) is 14.8. The van der Waals surface area contributed by atoms with Crippen molar-refractivity contribution >= 4 is 54.1 Å². The lowest BCUT2D eigenvalue weighted by Gasteiger charge is -2.16. The number of hydrogen-bond acceptors (Lipinski definition) is 3. The van der Waals surface area contributed by atoms with E-state index in [-0.39, 0.29) is 0 Å². The lowest BCUT2D eigenvalue weighted by molar-refractivity contribution is 1.07. The van der Waals surface area contributed by atoms with Gasteiger partial charge in [0, 0.05) is 38.5 Å². The molecule has 0 N–H and O–H groups in total. The quantitative estimate of drug-likeness (QED) is 0.169. The van der Waals surface area contributed by atoms with Crippen molar-refractivity contribution in [2.24, 2.45) is 0 Å². The number of benzene rings is 10. The van der Waals surface area contributed by atoms with E-state index in [9.17, 15) is 0 Å². The average molecular weight is 777 g/mol. The molecule has 12 aromatic rings. The maximum atomic E-state index is 5.28. The van der Waals surface area contributed by atoms with Crippen LogP contribution in [-0.2, 0) is 0 Å². The Balaban J connectivity index is 1.07. The first-order valence-corrected chi connectivity index (χ1v) is 20.7. The van der Waals surface area contributed by atoms with E-state index in [1.807, 2.05) is 18.2 Å². The third-order valence-corrected chi connectivity index (χ3v) is 12.0. The van der Waals surface area contributed by atoms with E-state index in [1.54, 1.807) is 0 Å². The maximum Gasteiger partial charge on any atom is 0.164 e. The number of fused-ring (bicyclic) bond motifs is 7. The molecule has 0 aliphatic carbocycles. The minimum atomic E-state index is 0.617. The van der Waals surface area contributed by atoms with Crippen molar-refractivity contribution in [3.63, 3.8) is 0 Å². The van der Waals surface area contributed by atoms with Gasteiger partial charge in [0.2, 0.25) is 0 Å². The molecule has 4 heteroatoms. The molecule has 0 unspecified atom stereocenters. The molecule has 2 heterocycles. The summed E-state index contributed by atoms with van der Waals surface area (Å²) in [4.78, 5) is 15.6. The Labute approximate surface area is 352 Å². The number of aromatic nitrogens is 4. The summed E-state index contributed by atoms with van der Waals surface area (Å²) < 4.78 is 2.45. The van der Waals surface area contributed by atoms with Crippen LogP contribution in [0.3, 0.4) is 0 Å². The molecule has 0 radical (unpaired) electrons. The van der Waals surface area contributed by atoms with E-state index >= 15 is 0 Å². The normalized spacial score (nSPS) is 11.6. The fraction of sp³-hybridized carbons (Fsp3) is 0. The Hall–Kier alpha value is -8.21. The summed E-state index contributed by atoms with van der Waals surface area (Å²) in [6.45, 7) is 0. The van der Waals surface area contributed by atoms with Crippen LogP contribution in [0.25, 0.3) is 116 Å². The van der Waals surface area contributed by atoms with Gasteiger partial charge in [-0.15, -0.1) is 0 Å². The summed E-state index contributed by atoms with van der Waals surface area (Å²) in [6.07, 6.45) is 0. The van der Waals surface area contributed by atoms with E-state index in [1.165, 1.54) is 54.2 Å². The summed E-state index contributed by atoms with van der Waals surface area (Å²) >= 11 is 0. The molecular weight excluding hydrogens is 741 g/mol. The van der Waals surface area contributed by atoms with Gasteiger partial charge in [0.1, 0.15) is 0 Å². The molecular formula is C57H36N4. The summed E-state index contributed by atoms with van der Waals surface area (Å²) in [5.41, 5.74) is 10.7. The molecule has 0 amide bonds. The third-order valence-electron chi connectivity index (χ3n) is 12.0. The highest BCUT2D eigenvalue weighted by molar-refractivity contribution is 6.20. The highest BCUT2D eigenvalue weighted by atomic mass is 15.0. The van der Waals surface area contributed by atoms with Crippen molar-refractivity contribution in [3.05, 3.63) is 218 Å². The van der Waals surface area contributed by atoms with Crippen LogP contribution in [0.2, 0.25) is 0 Å². The molecule has 0 spiro atoms. The van der Waals surface area contributed by atoms with Gasteiger partial charge >= 0.3 is 0 Å². The lowest BCUT2D eigenvalue weighted by atomic mass is 9.97. The van der Waals surface area contributed by atoms with Crippen LogP contribution in [0.4, 0.5) is 0 Å². The summed E-state index contributed by atoms with van der Waals surface area (Å²) in [5, 5.41) is 9.76. The molecule has 0 aliphatic heterocycles. The Morgan fingerprint density at radius 2 is 0.820 bits per heavy atom. The molecule has 61 heavy (non-hydrogen) atoms. The van der Waals surface area contributed by atoms with Gasteiger partial charge in [-0.1, -0.05) is 188 Å². The Bertz CT molecular complexity index is 3620. The Kier molecular flexibility index (Phi) is 8.13. The van der Waals surface area contributed by atoms with Crippen molar-refractivity contribution in [1.29, 1.82) is 0 Å². The highest BCUT2D eigenvalue weighted by Crippen LogP contribution is 2.41. The van der Waals surface area contributed by atoms with E-state index in [4.69, 9.17) is 15.0 Å². The second kappa shape index (κ2) is 14.3. The molecule has 12 rings (SSSR count). The monoisotopic (exact) mass is 776 g/mol. The minimum absolute atomic E-state index is 0.617. The zero-order valence-electron chi connectivity index (χ0n) is 33.1. The van der Waals surface area contributed by atoms with Gasteiger partial charge in [-0.2, -0.15) is 0 Å². The van der Waals surface area contributed by atoms with Gasteiger partial charge in [-0.25, -0.2) is 15.0 Å². The number of hydrogen-bond donors (Lipinski definition) is 0. The topological polar surface area (TPSA) is 43.6 Å². The van der Waals surface area contributed by atoms with Crippen molar-refractivity contribution in [2.45, 2.75) is 0 Å². The molecule has 0 fully saturated rings. The average Bonchev–Trinajstić information content (AvgIpc) is 3.67. The lowest BCUT2D eigenvalue weighted by Crippen LogP contribution is -2.02. The van der Waals surface area contributed by atoms with Gasteiger partial charge < -0.3 is 4.57 Å². The van der Waals surface area contributed by atoms with Gasteiger partial charge in [0.25, 0.3) is 0 Å². The van der Waals surface area contributed by atoms with Crippen LogP contribution in [-0.4, -0.2) is 19.5 Å². The first-order valence-electron chi connectivity index (χ1n) is 20.7. The van der Waals surface area contributed by atoms with Crippen LogP contribution in [0.1, 0.15) is 0 Å². The van der Waals surface area contributed by atoms with Crippen molar-refractivity contribution in [3.8, 4) is 62.1 Å². The van der Waals surface area contributed by atoms with E-state index in [0.29, 0.717) is 17.5 Å². The molecule has 4 nitrogen and oxygen atoms in total. The molecule has 0 aliphatic rings. The number of nitrogens with zero attached hydrogens (tertiary/aromatic N) is 4. The first-order chi connectivity index (χ1) is 30.2. The van der Waals surface area contributed by atoms with Crippen molar-refractivity contribution in [1.82, 2.24) is 19.5 Å². The summed E-state index contributed by atoms with van der Waals surface area (Å²) in [5.74, 6) is 1.87. The Morgan fingerprint density at radius 3 is 1.56 bits per heavy atom. The summed E-state index contributed by atoms with van der Waals surface area (Å²) in [7, 11) is 0. The van der Waals surface area contributed by atoms with Crippen LogP contribution in [0.15, 0.2) is 218 Å². The smallest absolute Gasteiger partial charge is 0.164 e. The van der Waals surface area contributed by atoms with Crippen LogP contribution in [0, 0.1) is 0 Å². The van der Waals surface area contributed by atoms with Gasteiger partial charge in [0.05, 0.1) is 11.0 Å². The largest absolute Gasteiger partial charge is 0.309 e. The highest BCUT2D eigenvalue weighted by Gasteiger charge is 2.20. The van der Waals surface area contributed by atoms with Crippen LogP contribution >= 0.6 is 0 Å². The number of rotatable bonds is 6. The van der Waals surface area contributed by atoms with E-state index < -0.39 is 0 Å². The fourth-order valence-electron chi connectivity index (χ4n) is 9.07. The SMILES string of the molecule is c1ccc(-c2nc(-c3ccc(-c4cccc5ccccc45)cc3)nc(-c3ccc(-n4c5cc6ccccc6cc5c5ccc6ccccc6c54)cc3-c3ccccc3)n2)cc1. The minimum Gasteiger partial charge on any atom is -0.309 e. The molecule has 2 aromatic heterocycles. The van der Waals surface area contributed by atoms with Gasteiger partial charge in [0.15, 0.2) is 17.5 Å². The predicted molar refractivity (Wildman–Crippen MR) is 254 cm³/mol. The molecule has 0 saturated carbocycles. The molecule has 0 saturated heterocycles. The van der Waals surface area contributed by atoms with Crippen LogP contribution < -0.4 is 0 Å². The standard InChI is InChI=1S/C57H36N4/c1-3-14-38(15-4-1)51-36-45(61-53-35-44-21-8-7-20-43(44)34-52(53)49-32-30-39-17-10-12-24-48(39)54(49)61)31-33-50(51)57-59-55(41-18-5-2-6-19-41)58-56(60-57)42-28-26-40(27-29-42)47-25-13-22-37-16-9-11-23-46(37)47/h1-36H. The molecule has 0 bridgehead atoms. The van der Waals surface area contributed by atoms with E-state index in [0.717, 1.165) is 44.6 Å². The zero-order valence-corrected chi connectivity index (χ0v) is 33.1. The molecule has 284 valence electrons. The second-order valence-electron chi connectivity index (χ2n) is 15.6. The fourth-order valence-corrected chi connectivity index (χ4v) is 9.07. The van der Waals surface area contributed by atoms with Crippen molar-refractivity contribution < 1.29 is 0 Å². The first kappa shape index (κ1) is 34.8. The van der Waals surface area contributed by atoms with Gasteiger partial charge in [-0.3, -0.25) is 0 Å². The Morgan fingerprint density at radius 1 is 0.279 bits per heavy atom. The molecule has 10 aromatic carbocycles. The molecule has 0 atom stereocenters. The van der Waals surface area contributed by atoms with Gasteiger partial charge in [-0.05, 0) is 79.5 Å². The van der Waals surface area contributed by atoms with Crippen molar-refractivity contribution in [2.75, 3.05) is 0 Å². The van der Waals surface area contributed by atoms with Crippen LogP contribution in [0.5, 0.6) is 0 Å². The maximum absolute atomic E-state index is 5.28. The second-order valence-corrected chi connectivity index (χ2v) is 15.6.